The van der Waals surface area contributed by atoms with Crippen LogP contribution in [0.25, 0.3) is 11.0 Å². The molecule has 1 saturated heterocycles. The molecule has 0 unspecified atom stereocenters. The van der Waals surface area contributed by atoms with E-state index in [0.717, 1.165) is 49.6 Å². The Labute approximate surface area is 188 Å². The largest absolute Gasteiger partial charge is 0.346 e. The van der Waals surface area contributed by atoms with E-state index in [1.54, 1.807) is 24.4 Å². The molecule has 2 N–H and O–H groups in total. The number of nitrogens with zero attached hydrogens (tertiary/aromatic N) is 2. The molecule has 32 heavy (non-hydrogen) atoms. The van der Waals surface area contributed by atoms with Gasteiger partial charge in [-0.3, -0.25) is 4.79 Å². The zero-order valence-corrected chi connectivity index (χ0v) is 18.8. The van der Waals surface area contributed by atoms with Crippen LogP contribution in [0.5, 0.6) is 0 Å². The molecule has 2 fully saturated rings. The summed E-state index contributed by atoms with van der Waals surface area (Å²) in [5.74, 6) is 0.265. The number of rotatable bonds is 5. The van der Waals surface area contributed by atoms with Crippen molar-refractivity contribution in [2.75, 3.05) is 13.1 Å². The van der Waals surface area contributed by atoms with Crippen LogP contribution in [0.1, 0.15) is 60.4 Å². The summed E-state index contributed by atoms with van der Waals surface area (Å²) in [6.45, 7) is 1.29. The van der Waals surface area contributed by atoms with Gasteiger partial charge in [-0.15, -0.1) is 0 Å². The number of nitrogens with one attached hydrogen (secondary N) is 2. The van der Waals surface area contributed by atoms with Gasteiger partial charge in [-0.05, 0) is 67.5 Å². The molecule has 1 aliphatic carbocycles. The monoisotopic (exact) mass is 452 g/mol. The molecule has 0 bridgehead atoms. The van der Waals surface area contributed by atoms with Crippen molar-refractivity contribution in [1.82, 2.24) is 19.6 Å². The summed E-state index contributed by atoms with van der Waals surface area (Å²) in [6.07, 6.45) is 9.41. The fraction of sp³-hybridized carbons (Fsp3) is 0.417. The molecular formula is C24H28N4O3S. The van der Waals surface area contributed by atoms with Crippen molar-refractivity contribution in [3.63, 3.8) is 0 Å². The van der Waals surface area contributed by atoms with Gasteiger partial charge in [-0.25, -0.2) is 18.1 Å². The topological polar surface area (TPSA) is 95.2 Å². The minimum atomic E-state index is -3.62. The predicted molar refractivity (Wildman–Crippen MR) is 123 cm³/mol. The fourth-order valence-corrected chi connectivity index (χ4v) is 6.37. The van der Waals surface area contributed by atoms with Crippen LogP contribution in [0.2, 0.25) is 0 Å². The lowest BCUT2D eigenvalue weighted by molar-refractivity contribution is 0.0713. The molecule has 1 amide bonds. The first-order valence-electron chi connectivity index (χ1n) is 11.3. The van der Waals surface area contributed by atoms with Crippen LogP contribution in [0.15, 0.2) is 53.7 Å². The number of aromatic amines is 1. The van der Waals surface area contributed by atoms with Gasteiger partial charge < -0.3 is 9.88 Å². The van der Waals surface area contributed by atoms with Crippen LogP contribution in [0.3, 0.4) is 0 Å². The molecule has 3 aromatic rings. The molecule has 3 heterocycles. The molecule has 1 aromatic carbocycles. The predicted octanol–water partition coefficient (Wildman–Crippen LogP) is 3.80. The summed E-state index contributed by atoms with van der Waals surface area (Å²) in [7, 11) is -3.62. The summed E-state index contributed by atoms with van der Waals surface area (Å²) in [5, 5.41) is 1.14. The number of H-pyrrole nitrogens is 1. The lowest BCUT2D eigenvalue weighted by Crippen LogP contribution is -2.38. The number of carbonyl (C=O) groups is 1. The minimum Gasteiger partial charge on any atom is -0.346 e. The van der Waals surface area contributed by atoms with Gasteiger partial charge in [-0.1, -0.05) is 18.9 Å². The maximum atomic E-state index is 13.1. The van der Waals surface area contributed by atoms with E-state index in [1.807, 2.05) is 17.2 Å². The summed E-state index contributed by atoms with van der Waals surface area (Å²) < 4.78 is 28.3. The van der Waals surface area contributed by atoms with Crippen molar-refractivity contribution in [2.45, 2.75) is 55.4 Å². The van der Waals surface area contributed by atoms with E-state index in [4.69, 9.17) is 0 Å². The van der Waals surface area contributed by atoms with Gasteiger partial charge in [0.15, 0.2) is 0 Å². The Morgan fingerprint density at radius 2 is 1.84 bits per heavy atom. The van der Waals surface area contributed by atoms with Crippen LogP contribution in [0.4, 0.5) is 0 Å². The number of hydrogen-bond donors (Lipinski definition) is 2. The van der Waals surface area contributed by atoms with Crippen LogP contribution in [0, 0.1) is 0 Å². The second-order valence-corrected chi connectivity index (χ2v) is 10.6. The number of carbonyl (C=O) groups excluding carboxylic acids is 1. The second kappa shape index (κ2) is 8.67. The molecule has 168 valence electrons. The summed E-state index contributed by atoms with van der Waals surface area (Å²) in [4.78, 5) is 22.7. The number of pyridine rings is 1. The first kappa shape index (κ1) is 21.2. The van der Waals surface area contributed by atoms with Crippen molar-refractivity contribution in [1.29, 1.82) is 0 Å². The van der Waals surface area contributed by atoms with Crippen molar-refractivity contribution in [3.05, 3.63) is 59.9 Å². The molecule has 2 aliphatic rings. The van der Waals surface area contributed by atoms with Gasteiger partial charge in [0.05, 0.1) is 4.90 Å². The third-order valence-electron chi connectivity index (χ3n) is 6.77. The smallest absolute Gasteiger partial charge is 0.253 e. The van der Waals surface area contributed by atoms with Crippen LogP contribution in [-0.2, 0) is 10.0 Å². The highest BCUT2D eigenvalue weighted by Gasteiger charge is 2.28. The average Bonchev–Trinajstić information content (AvgIpc) is 3.48. The minimum absolute atomic E-state index is 0.00176. The number of hydrogen-bond acceptors (Lipinski definition) is 4. The van der Waals surface area contributed by atoms with E-state index < -0.39 is 10.0 Å². The SMILES string of the molecule is O=C(c1cccc(S(=O)(=O)NC2CCCC2)c1)N1CCC(c2c[nH]c3ncccc23)CC1. The Bertz CT molecular complexity index is 1220. The first-order valence-corrected chi connectivity index (χ1v) is 12.8. The third kappa shape index (κ3) is 4.17. The van der Waals surface area contributed by atoms with Crippen LogP contribution in [-0.4, -0.2) is 48.3 Å². The first-order chi connectivity index (χ1) is 15.5. The van der Waals surface area contributed by atoms with E-state index >= 15 is 0 Å². The highest BCUT2D eigenvalue weighted by molar-refractivity contribution is 7.89. The lowest BCUT2D eigenvalue weighted by atomic mass is 9.89. The molecular weight excluding hydrogens is 424 g/mol. The number of sulfonamides is 1. The highest BCUT2D eigenvalue weighted by atomic mass is 32.2. The van der Waals surface area contributed by atoms with Gasteiger partial charge in [0.1, 0.15) is 5.65 Å². The standard InChI is InChI=1S/C24H28N4O3S/c29-24(18-5-3-8-20(15-18)32(30,31)27-19-6-1-2-7-19)28-13-10-17(11-14-28)22-16-26-23-21(22)9-4-12-25-23/h3-5,8-9,12,15-17,19,27H,1-2,6-7,10-11,13-14H2,(H,25,26). The number of benzene rings is 1. The molecule has 8 heteroatoms. The maximum Gasteiger partial charge on any atom is 0.253 e. The number of fused-ring (bicyclic) bond motifs is 1. The van der Waals surface area contributed by atoms with Crippen LogP contribution >= 0.6 is 0 Å². The number of aromatic nitrogens is 2. The zero-order valence-electron chi connectivity index (χ0n) is 18.0. The lowest BCUT2D eigenvalue weighted by Gasteiger charge is -2.32. The molecule has 1 saturated carbocycles. The molecule has 1 aliphatic heterocycles. The average molecular weight is 453 g/mol. The summed E-state index contributed by atoms with van der Waals surface area (Å²) >= 11 is 0. The number of piperidine rings is 1. The fourth-order valence-electron chi connectivity index (χ4n) is 5.02. The van der Waals surface area contributed by atoms with E-state index in [0.29, 0.717) is 24.6 Å². The quantitative estimate of drug-likeness (QED) is 0.615. The normalized spacial score (nSPS) is 18.4. The van der Waals surface area contributed by atoms with E-state index in [1.165, 1.54) is 11.6 Å². The Balaban J connectivity index is 1.27. The number of amides is 1. The Morgan fingerprint density at radius 3 is 2.62 bits per heavy atom. The van der Waals surface area contributed by atoms with Crippen molar-refractivity contribution >= 4 is 27.0 Å². The van der Waals surface area contributed by atoms with E-state index in [9.17, 15) is 13.2 Å². The van der Waals surface area contributed by atoms with Gasteiger partial charge >= 0.3 is 0 Å². The molecule has 0 radical (unpaired) electrons. The molecule has 7 nitrogen and oxygen atoms in total. The summed E-state index contributed by atoms with van der Waals surface area (Å²) in [5.41, 5.74) is 2.57. The maximum absolute atomic E-state index is 13.1. The third-order valence-corrected chi connectivity index (χ3v) is 8.29. The van der Waals surface area contributed by atoms with Crippen molar-refractivity contribution < 1.29 is 13.2 Å². The summed E-state index contributed by atoms with van der Waals surface area (Å²) in [6, 6.07) is 10.5. The van der Waals surface area contributed by atoms with Gasteiger partial charge in [0, 0.05) is 42.5 Å². The Morgan fingerprint density at radius 1 is 1.06 bits per heavy atom. The van der Waals surface area contributed by atoms with E-state index in [-0.39, 0.29) is 16.8 Å². The van der Waals surface area contributed by atoms with Gasteiger partial charge in [0.2, 0.25) is 10.0 Å². The molecule has 0 atom stereocenters. The molecule has 5 rings (SSSR count). The number of likely N-dealkylation sites (tertiary alicyclic amines) is 1. The van der Waals surface area contributed by atoms with Crippen molar-refractivity contribution in [3.8, 4) is 0 Å². The van der Waals surface area contributed by atoms with Gasteiger partial charge in [0.25, 0.3) is 5.91 Å². The van der Waals surface area contributed by atoms with E-state index in [2.05, 4.69) is 20.8 Å². The van der Waals surface area contributed by atoms with Gasteiger partial charge in [-0.2, -0.15) is 0 Å². The van der Waals surface area contributed by atoms with Crippen molar-refractivity contribution in [2.24, 2.45) is 0 Å². The molecule has 2 aromatic heterocycles. The Kier molecular flexibility index (Phi) is 5.73. The van der Waals surface area contributed by atoms with Crippen LogP contribution < -0.4 is 4.72 Å². The Hall–Kier alpha value is -2.71. The second-order valence-electron chi connectivity index (χ2n) is 8.84. The zero-order chi connectivity index (χ0) is 22.1. The highest BCUT2D eigenvalue weighted by Crippen LogP contribution is 2.33. The molecule has 0 spiro atoms.